The van der Waals surface area contributed by atoms with Crippen molar-refractivity contribution in [1.29, 1.82) is 0 Å². The van der Waals surface area contributed by atoms with E-state index >= 15 is 0 Å². The largest absolute Gasteiger partial charge is 0.402 e. The van der Waals surface area contributed by atoms with Crippen LogP contribution < -0.4 is 0 Å². The van der Waals surface area contributed by atoms with Crippen molar-refractivity contribution in [3.8, 4) is 0 Å². The van der Waals surface area contributed by atoms with Crippen molar-refractivity contribution in [3.63, 3.8) is 0 Å². The molecule has 0 aromatic heterocycles. The Balaban J connectivity index is -0.000000295. The first-order chi connectivity index (χ1) is 53.1. The van der Waals surface area contributed by atoms with Crippen molar-refractivity contribution in [3.05, 3.63) is 174 Å². The smallest absolute Gasteiger partial charge is 0.206 e. The zero-order valence-corrected chi connectivity index (χ0v) is 80.7. The van der Waals surface area contributed by atoms with Crippen molar-refractivity contribution in [2.24, 2.45) is 33.0 Å². The Bertz CT molecular complexity index is 3260. The highest BCUT2D eigenvalue weighted by molar-refractivity contribution is 5.43. The molecule has 0 aliphatic heterocycles. The van der Waals surface area contributed by atoms with Crippen LogP contribution in [0.2, 0.25) is 0 Å². The van der Waals surface area contributed by atoms with Gasteiger partial charge in [0.2, 0.25) is 0 Å². The highest BCUT2D eigenvalue weighted by atomic mass is 19.4. The number of rotatable bonds is 10. The molecule has 0 spiro atoms. The van der Waals surface area contributed by atoms with E-state index in [1.54, 1.807) is 0 Å². The summed E-state index contributed by atoms with van der Waals surface area (Å²) in [6, 6.07) is 26.2. The monoisotopic (exact) mass is 1730 g/mol. The van der Waals surface area contributed by atoms with Crippen LogP contribution in [0.25, 0.3) is 0 Å². The summed E-state index contributed by atoms with van der Waals surface area (Å²) in [5.41, 5.74) is 15.2. The minimum atomic E-state index is -5.29. The predicted molar refractivity (Wildman–Crippen MR) is 468 cm³/mol. The minimum absolute atomic E-state index is 0.104. The van der Waals surface area contributed by atoms with E-state index in [9.17, 15) is 87.8 Å². The molecule has 0 N–H and O–H groups in total. The molecule has 0 amide bonds. The molecule has 20 heteroatoms. The lowest BCUT2D eigenvalue weighted by Crippen LogP contribution is -2.50. The van der Waals surface area contributed by atoms with Crippen molar-refractivity contribution in [2.75, 3.05) is 0 Å². The first kappa shape index (κ1) is 125. The van der Waals surface area contributed by atoms with E-state index in [4.69, 9.17) is 0 Å². The van der Waals surface area contributed by atoms with Gasteiger partial charge < -0.3 is 0 Å². The van der Waals surface area contributed by atoms with Crippen molar-refractivity contribution in [2.45, 2.75) is 419 Å². The average Bonchev–Trinajstić information content (AvgIpc) is 1.80. The van der Waals surface area contributed by atoms with Gasteiger partial charge in [-0.15, -0.1) is 0 Å². The quantitative estimate of drug-likeness (QED) is 0.0743. The molecule has 2 aliphatic rings. The fraction of sp³-hybridized carbons (Fsp3) is 0.697. The van der Waals surface area contributed by atoms with Crippen molar-refractivity contribution >= 4 is 0 Å². The molecule has 2 aliphatic carbocycles. The molecule has 7 rings (SSSR count). The zero-order valence-electron chi connectivity index (χ0n) is 80.7. The SMILES string of the molecule is CC.CC(C)(C(F)(F)F)C(F)(F)F.CC(C)(C)C.CC(F)(F)C(C)(F)F.CC(F)(F)C(F)(F)C(C)(F)F.CCC(C)(C)C.CCC1(C)CCCC1.CCC1CCC(C)(C)CC1.Cc1c(C(C)C)cc(C(C)C)cc1C(C)C.Cc1c(C(C)C)cccc1C(C)C.Cc1c(F)c(C)c(F)c(F)c1F.Cc1cc(C)c(C)c(C)c1.Cc1ccccc1. The fourth-order valence-corrected chi connectivity index (χ4v) is 10.9. The van der Waals surface area contributed by atoms with Crippen LogP contribution in [0.15, 0.2) is 72.8 Å². The van der Waals surface area contributed by atoms with E-state index in [1.807, 2.05) is 32.0 Å². The van der Waals surface area contributed by atoms with Crippen molar-refractivity contribution < 1.29 is 87.8 Å². The van der Waals surface area contributed by atoms with E-state index in [1.165, 1.54) is 137 Å². The summed E-state index contributed by atoms with van der Waals surface area (Å²) in [5.74, 6) is -23.9. The van der Waals surface area contributed by atoms with Crippen molar-refractivity contribution in [1.82, 2.24) is 0 Å². The number of aryl methyl sites for hydroxylation is 4. The molecular weight excluding hydrogens is 1570 g/mol. The lowest BCUT2D eigenvalue weighted by atomic mass is 9.72. The number of alkyl halides is 16. The molecule has 0 nitrogen and oxygen atoms in total. The van der Waals surface area contributed by atoms with Gasteiger partial charge in [0.1, 0.15) is 5.82 Å². The lowest BCUT2D eigenvalue weighted by Gasteiger charge is -2.33. The predicted octanol–water partition coefficient (Wildman–Crippen LogP) is 37.9. The molecule has 5 aromatic rings. The van der Waals surface area contributed by atoms with E-state index in [2.05, 4.69) is 262 Å². The summed E-state index contributed by atoms with van der Waals surface area (Å²) in [5, 5.41) is 0. The number of benzene rings is 5. The standard InChI is InChI=1S/C16H26.C13H20.C10H14.C10H20.C8H6F4.C8H16.C7H8.C6H14.2C5H6F6.C5H12.C4H6F4.C2H6/c1-10(2)14-8-15(11(3)4)13(7)16(9-14)12(5)6;1-9(2)12-7-6-8-13(10(3)4)11(12)5;1-7-5-8(2)10(4)9(3)6-7;1-4-9-5-7-10(2,3)8-6-9;1-3-5(9)4(2)7(11)8(12)6(3)10;1-3-8(2)6-4-5-7-8;1-7-5-3-2-4-6-7;1-5-6(2,3)4;1-3(6,7)5(10,11)4(2,8)9;1-3(2,4(6,7)8)5(9,10)11;1-5(2,3)4;1-3(5,6)4(2,7)8;1-2/h8-12H,1-7H3;6-10H,1-5H3;5-6H,1-4H3;9H,4-8H2,1-3H3;1-2H3;3-7H2,1-2H3;2-6H,1H3;5H2,1-4H3;2*1-2H3;1-4H3;1-2H3;1-2H3. The number of halogens is 20. The Morgan fingerprint density at radius 1 is 0.361 bits per heavy atom. The van der Waals surface area contributed by atoms with Gasteiger partial charge in [-0.2, -0.15) is 52.7 Å². The topological polar surface area (TPSA) is 0 Å². The van der Waals surface area contributed by atoms with Gasteiger partial charge >= 0.3 is 42.0 Å². The fourth-order valence-electron chi connectivity index (χ4n) is 10.9. The van der Waals surface area contributed by atoms with Gasteiger partial charge in [0.15, 0.2) is 22.9 Å². The van der Waals surface area contributed by atoms with E-state index in [0.717, 1.165) is 25.2 Å². The highest BCUT2D eigenvalue weighted by Gasteiger charge is 2.67. The van der Waals surface area contributed by atoms with Gasteiger partial charge in [-0.1, -0.05) is 289 Å². The maximum atomic E-state index is 12.8. The Kier molecular flexibility index (Phi) is 56.3. The van der Waals surface area contributed by atoms with E-state index < -0.39 is 81.8 Å². The van der Waals surface area contributed by atoms with Crippen LogP contribution in [-0.4, -0.2) is 42.0 Å². The van der Waals surface area contributed by atoms with Gasteiger partial charge in [0, 0.05) is 38.8 Å². The molecule has 0 atom stereocenters. The summed E-state index contributed by atoms with van der Waals surface area (Å²) in [6.07, 6.45) is 5.32. The molecule has 0 heterocycles. The van der Waals surface area contributed by atoms with Gasteiger partial charge in [-0.05, 0) is 227 Å². The Hall–Kier alpha value is -5.30. The van der Waals surface area contributed by atoms with Crippen LogP contribution in [-0.2, 0) is 0 Å². The third kappa shape index (κ3) is 49.7. The Morgan fingerprint density at radius 2 is 0.664 bits per heavy atom. The summed E-state index contributed by atoms with van der Waals surface area (Å²) >= 11 is 0. The number of hydrogen-bond acceptors (Lipinski definition) is 0. The van der Waals surface area contributed by atoms with Gasteiger partial charge in [0.05, 0.1) is 0 Å². The number of hydrogen-bond donors (Lipinski definition) is 0. The van der Waals surface area contributed by atoms with Gasteiger partial charge in [-0.25, -0.2) is 35.1 Å². The van der Waals surface area contributed by atoms with Crippen LogP contribution in [0.3, 0.4) is 0 Å². The second kappa shape index (κ2) is 53.8. The second-order valence-electron chi connectivity index (χ2n) is 37.9. The second-order valence-corrected chi connectivity index (χ2v) is 37.9. The summed E-state index contributed by atoms with van der Waals surface area (Å²) in [4.78, 5) is 0. The van der Waals surface area contributed by atoms with Crippen LogP contribution >= 0.6 is 0 Å². The zero-order chi connectivity index (χ0) is 96.1. The molecule has 2 fully saturated rings. The molecule has 0 bridgehead atoms. The first-order valence-electron chi connectivity index (χ1n) is 42.2. The maximum Gasteiger partial charge on any atom is 0.402 e. The molecule has 0 unspecified atom stereocenters. The molecule has 0 radical (unpaired) electrons. The third-order valence-corrected chi connectivity index (χ3v) is 20.8. The molecule has 696 valence electrons. The van der Waals surface area contributed by atoms with Crippen LogP contribution in [0.5, 0.6) is 0 Å². The Morgan fingerprint density at radius 3 is 0.866 bits per heavy atom. The normalized spacial score (nSPS) is 14.2. The molecule has 5 aromatic carbocycles. The third-order valence-electron chi connectivity index (χ3n) is 20.8. The molecular formula is C99H160F20. The first-order valence-corrected chi connectivity index (χ1v) is 42.2. The molecule has 119 heavy (non-hydrogen) atoms. The van der Waals surface area contributed by atoms with E-state index in [0.29, 0.717) is 45.8 Å². The van der Waals surface area contributed by atoms with Gasteiger partial charge in [-0.3, -0.25) is 0 Å². The van der Waals surface area contributed by atoms with Gasteiger partial charge in [0.25, 0.3) is 0 Å². The van der Waals surface area contributed by atoms with Crippen LogP contribution in [0.1, 0.15) is 393 Å². The van der Waals surface area contributed by atoms with Crippen LogP contribution in [0, 0.1) is 119 Å². The minimum Gasteiger partial charge on any atom is -0.206 e. The molecule has 0 saturated heterocycles. The summed E-state index contributed by atoms with van der Waals surface area (Å²) in [7, 11) is 0. The summed E-state index contributed by atoms with van der Waals surface area (Å²) < 4.78 is 237. The van der Waals surface area contributed by atoms with E-state index in [-0.39, 0.29) is 41.5 Å². The molecule has 2 saturated carbocycles. The average molecular weight is 1730 g/mol. The lowest BCUT2D eigenvalue weighted by molar-refractivity contribution is -0.327. The van der Waals surface area contributed by atoms with Crippen LogP contribution in [0.4, 0.5) is 87.8 Å². The highest BCUT2D eigenvalue weighted by Crippen LogP contribution is 2.50. The Labute approximate surface area is 710 Å². The maximum absolute atomic E-state index is 12.8. The summed E-state index contributed by atoms with van der Waals surface area (Å²) in [6.45, 7) is 73.7.